The summed E-state index contributed by atoms with van der Waals surface area (Å²) in [5.74, 6) is 1.88. The molecule has 0 amide bonds. The number of rotatable bonds is 5. The van der Waals surface area contributed by atoms with Crippen LogP contribution in [0.15, 0.2) is 21.3 Å². The van der Waals surface area contributed by atoms with Crippen molar-refractivity contribution < 1.29 is 9.26 Å². The van der Waals surface area contributed by atoms with Gasteiger partial charge in [0.05, 0.1) is 6.04 Å². The van der Waals surface area contributed by atoms with Gasteiger partial charge in [-0.1, -0.05) is 5.16 Å². The molecule has 6 heteroatoms. The van der Waals surface area contributed by atoms with Gasteiger partial charge in [0.2, 0.25) is 5.89 Å². The topological polar surface area (TPSA) is 60.2 Å². The molecular formula is C14H19N3O2S. The van der Waals surface area contributed by atoms with Crippen LogP contribution in [0.2, 0.25) is 0 Å². The minimum absolute atomic E-state index is 0.111. The van der Waals surface area contributed by atoms with Crippen LogP contribution >= 0.6 is 11.3 Å². The Hall–Kier alpha value is -1.24. The molecule has 20 heavy (non-hydrogen) atoms. The lowest BCUT2D eigenvalue weighted by Crippen LogP contribution is -2.32. The predicted molar refractivity (Wildman–Crippen MR) is 76.5 cm³/mol. The van der Waals surface area contributed by atoms with Crippen LogP contribution in [-0.2, 0) is 11.3 Å². The van der Waals surface area contributed by atoms with Crippen LogP contribution in [0, 0.1) is 12.8 Å². The van der Waals surface area contributed by atoms with E-state index in [9.17, 15) is 0 Å². The minimum atomic E-state index is 0.111. The summed E-state index contributed by atoms with van der Waals surface area (Å²) in [6.45, 7) is 4.31. The first-order valence-electron chi connectivity index (χ1n) is 6.95. The van der Waals surface area contributed by atoms with E-state index < -0.39 is 0 Å². The van der Waals surface area contributed by atoms with Gasteiger partial charge in [-0.2, -0.15) is 16.3 Å². The number of aromatic nitrogens is 2. The highest BCUT2D eigenvalue weighted by atomic mass is 32.1. The van der Waals surface area contributed by atoms with Crippen molar-refractivity contribution in [3.8, 4) is 0 Å². The van der Waals surface area contributed by atoms with E-state index in [-0.39, 0.29) is 6.04 Å². The van der Waals surface area contributed by atoms with Crippen molar-refractivity contribution in [1.82, 2.24) is 15.5 Å². The zero-order valence-electron chi connectivity index (χ0n) is 11.5. The van der Waals surface area contributed by atoms with Gasteiger partial charge in [-0.15, -0.1) is 0 Å². The third-order valence-electron chi connectivity index (χ3n) is 3.65. The third-order valence-corrected chi connectivity index (χ3v) is 4.38. The molecule has 3 rings (SSSR count). The average Bonchev–Trinajstić information content (AvgIpc) is 3.12. The summed E-state index contributed by atoms with van der Waals surface area (Å²) in [6.07, 6.45) is 2.06. The lowest BCUT2D eigenvalue weighted by atomic mass is 9.91. The van der Waals surface area contributed by atoms with Crippen LogP contribution in [0.3, 0.4) is 0 Å². The lowest BCUT2D eigenvalue weighted by molar-refractivity contribution is 0.0485. The van der Waals surface area contributed by atoms with E-state index in [0.29, 0.717) is 17.6 Å². The largest absolute Gasteiger partial charge is 0.381 e. The minimum Gasteiger partial charge on any atom is -0.381 e. The fourth-order valence-corrected chi connectivity index (χ4v) is 3.23. The number of hydrogen-bond acceptors (Lipinski definition) is 6. The van der Waals surface area contributed by atoms with Crippen molar-refractivity contribution in [3.63, 3.8) is 0 Å². The summed E-state index contributed by atoms with van der Waals surface area (Å²) in [5.41, 5.74) is 1.29. The van der Waals surface area contributed by atoms with Crippen LogP contribution in [-0.4, -0.2) is 23.4 Å². The lowest BCUT2D eigenvalue weighted by Gasteiger charge is -2.28. The van der Waals surface area contributed by atoms with E-state index in [0.717, 1.165) is 32.6 Å². The monoisotopic (exact) mass is 293 g/mol. The molecule has 0 aromatic carbocycles. The normalized spacial score (nSPS) is 18.2. The van der Waals surface area contributed by atoms with Gasteiger partial charge >= 0.3 is 0 Å². The fraction of sp³-hybridized carbons (Fsp3) is 0.571. The summed E-state index contributed by atoms with van der Waals surface area (Å²) in [5, 5.41) is 11.8. The van der Waals surface area contributed by atoms with Gasteiger partial charge < -0.3 is 14.6 Å². The van der Waals surface area contributed by atoms with Crippen LogP contribution < -0.4 is 5.32 Å². The Morgan fingerprint density at radius 1 is 1.45 bits per heavy atom. The Bertz CT molecular complexity index is 520. The summed E-state index contributed by atoms with van der Waals surface area (Å²) < 4.78 is 10.8. The maximum absolute atomic E-state index is 5.45. The number of hydrogen-bond donors (Lipinski definition) is 1. The van der Waals surface area contributed by atoms with Gasteiger partial charge in [0.1, 0.15) is 0 Å². The van der Waals surface area contributed by atoms with Crippen LogP contribution in [0.4, 0.5) is 0 Å². The van der Waals surface area contributed by atoms with Crippen molar-refractivity contribution in [1.29, 1.82) is 0 Å². The molecule has 1 aliphatic rings. The van der Waals surface area contributed by atoms with E-state index in [1.165, 1.54) is 5.56 Å². The Labute approximate surface area is 122 Å². The number of nitrogens with one attached hydrogen (secondary N) is 1. The number of aryl methyl sites for hydroxylation is 1. The first-order valence-corrected chi connectivity index (χ1v) is 7.89. The van der Waals surface area contributed by atoms with Gasteiger partial charge in [0.15, 0.2) is 5.82 Å². The quantitative estimate of drug-likeness (QED) is 0.918. The molecule has 0 spiro atoms. The first kappa shape index (κ1) is 13.7. The molecule has 0 aliphatic carbocycles. The van der Waals surface area contributed by atoms with Crippen LogP contribution in [0.25, 0.3) is 0 Å². The molecular weight excluding hydrogens is 274 g/mol. The van der Waals surface area contributed by atoms with E-state index in [1.807, 2.05) is 6.92 Å². The molecule has 2 aromatic rings. The third kappa shape index (κ3) is 3.26. The van der Waals surface area contributed by atoms with Crippen molar-refractivity contribution >= 4 is 11.3 Å². The van der Waals surface area contributed by atoms with Crippen LogP contribution in [0.1, 0.15) is 36.2 Å². The molecule has 1 fully saturated rings. The highest BCUT2D eigenvalue weighted by molar-refractivity contribution is 7.07. The Kier molecular flexibility index (Phi) is 4.44. The fourth-order valence-electron chi connectivity index (χ4n) is 2.57. The number of ether oxygens (including phenoxy) is 1. The van der Waals surface area contributed by atoms with Crippen LogP contribution in [0.5, 0.6) is 0 Å². The second kappa shape index (κ2) is 6.47. The molecule has 2 aromatic heterocycles. The second-order valence-corrected chi connectivity index (χ2v) is 5.90. The summed E-state index contributed by atoms with van der Waals surface area (Å²) in [7, 11) is 0. The molecule has 1 saturated heterocycles. The summed E-state index contributed by atoms with van der Waals surface area (Å²) >= 11 is 1.72. The maximum atomic E-state index is 5.45. The average molecular weight is 293 g/mol. The van der Waals surface area contributed by atoms with E-state index in [2.05, 4.69) is 32.3 Å². The maximum Gasteiger partial charge on any atom is 0.244 e. The van der Waals surface area contributed by atoms with Gasteiger partial charge in [-0.25, -0.2) is 0 Å². The van der Waals surface area contributed by atoms with Crippen molar-refractivity contribution in [2.75, 3.05) is 13.2 Å². The second-order valence-electron chi connectivity index (χ2n) is 5.12. The SMILES string of the molecule is Cc1noc([C@@H](NCc2ccsc2)C2CCOCC2)n1. The molecule has 1 N–H and O–H groups in total. The Morgan fingerprint density at radius 3 is 2.95 bits per heavy atom. The smallest absolute Gasteiger partial charge is 0.244 e. The van der Waals surface area contributed by atoms with Crippen molar-refractivity contribution in [3.05, 3.63) is 34.1 Å². The number of thiophene rings is 1. The van der Waals surface area contributed by atoms with E-state index in [4.69, 9.17) is 9.26 Å². The Balaban J connectivity index is 1.72. The van der Waals surface area contributed by atoms with Gasteiger partial charge in [0, 0.05) is 19.8 Å². The summed E-state index contributed by atoms with van der Waals surface area (Å²) in [4.78, 5) is 4.41. The number of nitrogens with zero attached hydrogens (tertiary/aromatic N) is 2. The van der Waals surface area contributed by atoms with Crippen molar-refractivity contribution in [2.24, 2.45) is 5.92 Å². The highest BCUT2D eigenvalue weighted by Crippen LogP contribution is 2.29. The standard InChI is InChI=1S/C14H19N3O2S/c1-10-16-14(19-17-10)13(12-2-5-18-6-3-12)15-8-11-4-7-20-9-11/h4,7,9,12-13,15H,2-3,5-6,8H2,1H3/t13-/m0/s1. The molecule has 0 bridgehead atoms. The molecule has 5 nitrogen and oxygen atoms in total. The zero-order valence-corrected chi connectivity index (χ0v) is 12.4. The molecule has 108 valence electrons. The first-order chi connectivity index (χ1) is 9.83. The predicted octanol–water partition coefficient (Wildman–Crippen LogP) is 2.70. The van der Waals surface area contributed by atoms with Gasteiger partial charge in [-0.05, 0) is 48.1 Å². The molecule has 0 saturated carbocycles. The van der Waals surface area contributed by atoms with Crippen molar-refractivity contribution in [2.45, 2.75) is 32.4 Å². The molecule has 3 heterocycles. The molecule has 0 unspecified atom stereocenters. The molecule has 1 aliphatic heterocycles. The molecule has 0 radical (unpaired) electrons. The van der Waals surface area contributed by atoms with E-state index >= 15 is 0 Å². The van der Waals surface area contributed by atoms with Gasteiger partial charge in [-0.3, -0.25) is 0 Å². The highest BCUT2D eigenvalue weighted by Gasteiger charge is 2.29. The summed E-state index contributed by atoms with van der Waals surface area (Å²) in [6, 6.07) is 2.25. The van der Waals surface area contributed by atoms with E-state index in [1.54, 1.807) is 11.3 Å². The molecule has 1 atom stereocenters. The van der Waals surface area contributed by atoms with Gasteiger partial charge in [0.25, 0.3) is 0 Å². The Morgan fingerprint density at radius 2 is 2.30 bits per heavy atom. The zero-order chi connectivity index (χ0) is 13.8.